The first-order valence-electron chi connectivity index (χ1n) is 9.14. The Morgan fingerprint density at radius 1 is 1.04 bits per heavy atom. The highest BCUT2D eigenvalue weighted by Gasteiger charge is 2.22. The van der Waals surface area contributed by atoms with E-state index in [2.05, 4.69) is 23.2 Å². The van der Waals surface area contributed by atoms with Crippen LogP contribution in [0.2, 0.25) is 0 Å². The molecule has 0 saturated heterocycles. The highest BCUT2D eigenvalue weighted by atomic mass is 32.2. The minimum absolute atomic E-state index is 0.111. The normalized spacial score (nSPS) is 12.1. The number of aromatic nitrogens is 3. The van der Waals surface area contributed by atoms with E-state index < -0.39 is 0 Å². The molecule has 28 heavy (non-hydrogen) atoms. The first kappa shape index (κ1) is 20.1. The van der Waals surface area contributed by atoms with Crippen LogP contribution in [0.15, 0.2) is 41.6 Å². The number of methoxy groups -OCH3 is 1. The molecule has 1 unspecified atom stereocenters. The molecule has 0 spiro atoms. The molecule has 0 aliphatic carbocycles. The maximum atomic E-state index is 13.0. The van der Waals surface area contributed by atoms with Gasteiger partial charge in [-0.05, 0) is 74.7 Å². The zero-order valence-electron chi connectivity index (χ0n) is 17.1. The van der Waals surface area contributed by atoms with Crippen LogP contribution in [0.25, 0.3) is 11.4 Å². The number of hydrogen-bond donors (Lipinski definition) is 0. The molecule has 3 rings (SSSR count). The van der Waals surface area contributed by atoms with Gasteiger partial charge in [-0.3, -0.25) is 4.79 Å². The van der Waals surface area contributed by atoms with Crippen molar-refractivity contribution in [1.82, 2.24) is 14.8 Å². The largest absolute Gasteiger partial charge is 0.497 e. The molecule has 0 bridgehead atoms. The molecule has 0 amide bonds. The third kappa shape index (κ3) is 3.97. The van der Waals surface area contributed by atoms with Crippen LogP contribution in [0.4, 0.5) is 0 Å². The summed E-state index contributed by atoms with van der Waals surface area (Å²) >= 11 is 1.43. The highest BCUT2D eigenvalue weighted by molar-refractivity contribution is 8.00. The van der Waals surface area contributed by atoms with Crippen LogP contribution in [0, 0.1) is 20.8 Å². The summed E-state index contributed by atoms with van der Waals surface area (Å²) in [5, 5.41) is 9.07. The Kier molecular flexibility index (Phi) is 5.89. The smallest absolute Gasteiger partial charge is 0.191 e. The molecule has 6 heteroatoms. The number of ether oxygens (including phenoxy) is 1. The second kappa shape index (κ2) is 8.19. The van der Waals surface area contributed by atoms with Crippen molar-refractivity contribution in [2.45, 2.75) is 38.1 Å². The summed E-state index contributed by atoms with van der Waals surface area (Å²) in [5.74, 6) is 1.66. The van der Waals surface area contributed by atoms with Crippen molar-refractivity contribution >= 4 is 17.5 Å². The Morgan fingerprint density at radius 2 is 1.68 bits per heavy atom. The van der Waals surface area contributed by atoms with E-state index in [-0.39, 0.29) is 11.0 Å². The van der Waals surface area contributed by atoms with Crippen molar-refractivity contribution in [3.05, 3.63) is 58.7 Å². The van der Waals surface area contributed by atoms with E-state index in [1.54, 1.807) is 7.11 Å². The molecule has 3 aromatic rings. The monoisotopic (exact) mass is 395 g/mol. The lowest BCUT2D eigenvalue weighted by atomic mass is 9.97. The van der Waals surface area contributed by atoms with Crippen LogP contribution in [-0.2, 0) is 7.05 Å². The average Bonchev–Trinajstić information content (AvgIpc) is 3.04. The predicted octanol–water partition coefficient (Wildman–Crippen LogP) is 4.78. The van der Waals surface area contributed by atoms with E-state index in [9.17, 15) is 4.79 Å². The summed E-state index contributed by atoms with van der Waals surface area (Å²) in [6.07, 6.45) is 0. The summed E-state index contributed by atoms with van der Waals surface area (Å²) in [6.45, 7) is 8.01. The number of carbonyl (C=O) groups is 1. The zero-order chi connectivity index (χ0) is 20.4. The molecule has 1 aromatic heterocycles. The highest BCUT2D eigenvalue weighted by Crippen LogP contribution is 2.29. The fourth-order valence-electron chi connectivity index (χ4n) is 3.07. The lowest BCUT2D eigenvalue weighted by Crippen LogP contribution is -2.16. The summed E-state index contributed by atoms with van der Waals surface area (Å²) in [4.78, 5) is 13.0. The topological polar surface area (TPSA) is 57.0 Å². The fourth-order valence-corrected chi connectivity index (χ4v) is 3.95. The van der Waals surface area contributed by atoms with Crippen molar-refractivity contribution in [2.24, 2.45) is 7.05 Å². The maximum absolute atomic E-state index is 13.0. The standard InChI is InChI=1S/C22H25N3O2S/c1-13-11-15(3)19(12-14(13)2)20(26)16(4)28-22-24-23-21(25(22)5)17-7-9-18(27-6)10-8-17/h7-12,16H,1-6H3. The van der Waals surface area contributed by atoms with Crippen molar-refractivity contribution in [2.75, 3.05) is 7.11 Å². The summed E-state index contributed by atoms with van der Waals surface area (Å²) in [7, 11) is 3.56. The van der Waals surface area contributed by atoms with Gasteiger partial charge >= 0.3 is 0 Å². The van der Waals surface area contributed by atoms with Crippen LogP contribution in [-0.4, -0.2) is 32.9 Å². The number of Topliss-reactive ketones (excluding diaryl/α,β-unsaturated/α-hetero) is 1. The van der Waals surface area contributed by atoms with E-state index in [0.717, 1.165) is 33.8 Å². The van der Waals surface area contributed by atoms with Crippen LogP contribution in [0.3, 0.4) is 0 Å². The fraction of sp³-hybridized carbons (Fsp3) is 0.318. The van der Waals surface area contributed by atoms with Gasteiger partial charge in [-0.25, -0.2) is 0 Å². The molecular weight excluding hydrogens is 370 g/mol. The number of carbonyl (C=O) groups excluding carboxylic acids is 1. The number of rotatable bonds is 6. The molecule has 0 aliphatic heterocycles. The summed E-state index contributed by atoms with van der Waals surface area (Å²) < 4.78 is 7.12. The van der Waals surface area contributed by atoms with Gasteiger partial charge in [0, 0.05) is 18.2 Å². The van der Waals surface area contributed by atoms with Crippen molar-refractivity contribution in [3.8, 4) is 17.1 Å². The maximum Gasteiger partial charge on any atom is 0.191 e. The minimum atomic E-state index is -0.257. The van der Waals surface area contributed by atoms with Crippen LogP contribution in [0.5, 0.6) is 5.75 Å². The van der Waals surface area contributed by atoms with E-state index in [4.69, 9.17) is 4.74 Å². The molecule has 2 aromatic carbocycles. The average molecular weight is 396 g/mol. The minimum Gasteiger partial charge on any atom is -0.497 e. The second-order valence-electron chi connectivity index (χ2n) is 6.97. The molecule has 0 aliphatic rings. The number of nitrogens with zero attached hydrogens (tertiary/aromatic N) is 3. The van der Waals surface area contributed by atoms with Gasteiger partial charge in [0.1, 0.15) is 5.75 Å². The summed E-state index contributed by atoms with van der Waals surface area (Å²) in [6, 6.07) is 11.7. The molecule has 0 saturated carbocycles. The van der Waals surface area contributed by atoms with Crippen molar-refractivity contribution in [1.29, 1.82) is 0 Å². The van der Waals surface area contributed by atoms with Crippen LogP contribution >= 0.6 is 11.8 Å². The van der Waals surface area contributed by atoms with E-state index in [1.807, 2.05) is 62.7 Å². The Bertz CT molecular complexity index is 1010. The van der Waals surface area contributed by atoms with Gasteiger partial charge in [-0.15, -0.1) is 10.2 Å². The SMILES string of the molecule is COc1ccc(-c2nnc(SC(C)C(=O)c3cc(C)c(C)cc3C)n2C)cc1. The number of thioether (sulfide) groups is 1. The molecule has 0 N–H and O–H groups in total. The van der Waals surface area contributed by atoms with Gasteiger partial charge in [-0.2, -0.15) is 0 Å². The third-order valence-electron chi connectivity index (χ3n) is 4.94. The van der Waals surface area contributed by atoms with Crippen LogP contribution < -0.4 is 4.74 Å². The zero-order valence-corrected chi connectivity index (χ0v) is 17.9. The lowest BCUT2D eigenvalue weighted by molar-refractivity contribution is 0.0993. The number of benzene rings is 2. The van der Waals surface area contributed by atoms with Crippen molar-refractivity contribution in [3.63, 3.8) is 0 Å². The Labute approximate surface area is 170 Å². The van der Waals surface area contributed by atoms with E-state index >= 15 is 0 Å². The molecule has 1 heterocycles. The number of ketones is 1. The predicted molar refractivity (Wildman–Crippen MR) is 113 cm³/mol. The first-order chi connectivity index (χ1) is 13.3. The number of hydrogen-bond acceptors (Lipinski definition) is 5. The Balaban J connectivity index is 1.81. The third-order valence-corrected chi connectivity index (χ3v) is 6.07. The molecular formula is C22H25N3O2S. The van der Waals surface area contributed by atoms with Gasteiger partial charge < -0.3 is 9.30 Å². The number of aryl methyl sites for hydroxylation is 3. The second-order valence-corrected chi connectivity index (χ2v) is 8.28. The molecule has 146 valence electrons. The molecule has 5 nitrogen and oxygen atoms in total. The Morgan fingerprint density at radius 3 is 2.32 bits per heavy atom. The van der Waals surface area contributed by atoms with Crippen LogP contribution in [0.1, 0.15) is 34.0 Å². The first-order valence-corrected chi connectivity index (χ1v) is 10.0. The quantitative estimate of drug-likeness (QED) is 0.444. The van der Waals surface area contributed by atoms with Gasteiger partial charge in [0.05, 0.1) is 12.4 Å². The molecule has 0 fully saturated rings. The summed E-state index contributed by atoms with van der Waals surface area (Å²) in [5.41, 5.74) is 5.07. The van der Waals surface area contributed by atoms with E-state index in [1.165, 1.54) is 17.3 Å². The Hall–Kier alpha value is -2.60. The molecule has 0 radical (unpaired) electrons. The molecule has 1 atom stereocenters. The van der Waals surface area contributed by atoms with Gasteiger partial charge in [-0.1, -0.05) is 17.8 Å². The van der Waals surface area contributed by atoms with Gasteiger partial charge in [0.15, 0.2) is 16.8 Å². The van der Waals surface area contributed by atoms with Crippen molar-refractivity contribution < 1.29 is 9.53 Å². The van der Waals surface area contributed by atoms with E-state index in [0.29, 0.717) is 5.16 Å². The van der Waals surface area contributed by atoms with Gasteiger partial charge in [0.2, 0.25) is 0 Å². The lowest BCUT2D eigenvalue weighted by Gasteiger charge is -2.14. The van der Waals surface area contributed by atoms with Gasteiger partial charge in [0.25, 0.3) is 0 Å².